The minimum atomic E-state index is -0.190. The zero-order valence-electron chi connectivity index (χ0n) is 23.6. The third-order valence-corrected chi connectivity index (χ3v) is 11.5. The minimum absolute atomic E-state index is 0.0309. The van der Waals surface area contributed by atoms with Gasteiger partial charge in [-0.3, -0.25) is 9.59 Å². The zero-order valence-corrected chi connectivity index (χ0v) is 23.6. The van der Waals surface area contributed by atoms with Gasteiger partial charge in [0, 0.05) is 19.8 Å². The molecule has 0 aromatic carbocycles. The standard InChI is InChI=1S/C31H52O4/c1-19(2)9-8-10-20(3)25-11-12-26-24-18-29(35-22(5)33)28-17-23(34-21(4)32)13-15-31(28,7)27(24)14-16-30(25,26)6/h19-20,23-29H,8-18H2,1-7H3/t20-,23-,24+,25-,26-,27-,28-,29+,30+,31-/m1/s1. The molecule has 4 saturated carbocycles. The molecule has 0 N–H and O–H groups in total. The fraction of sp³-hybridized carbons (Fsp3) is 0.935. The van der Waals surface area contributed by atoms with Crippen molar-refractivity contribution >= 4 is 11.9 Å². The number of ether oxygens (including phenoxy) is 2. The summed E-state index contributed by atoms with van der Waals surface area (Å²) < 4.78 is 11.7. The molecule has 0 amide bonds. The summed E-state index contributed by atoms with van der Waals surface area (Å²) in [4.78, 5) is 23.9. The van der Waals surface area contributed by atoms with Crippen molar-refractivity contribution in [2.45, 2.75) is 131 Å². The number of carbonyl (C=O) groups is 2. The second kappa shape index (κ2) is 10.4. The Morgan fingerprint density at radius 2 is 1.46 bits per heavy atom. The summed E-state index contributed by atoms with van der Waals surface area (Å²) in [5, 5.41) is 0. The maximum Gasteiger partial charge on any atom is 0.302 e. The Morgan fingerprint density at radius 3 is 2.11 bits per heavy atom. The fourth-order valence-corrected chi connectivity index (χ4v) is 9.94. The van der Waals surface area contributed by atoms with Gasteiger partial charge in [-0.05, 0) is 97.7 Å². The first-order valence-corrected chi connectivity index (χ1v) is 14.8. The third-order valence-electron chi connectivity index (χ3n) is 11.5. The van der Waals surface area contributed by atoms with Crippen LogP contribution < -0.4 is 0 Å². The normalized spacial score (nSPS) is 43.6. The number of rotatable bonds is 7. The molecule has 35 heavy (non-hydrogen) atoms. The van der Waals surface area contributed by atoms with Crippen molar-refractivity contribution in [3.8, 4) is 0 Å². The van der Waals surface area contributed by atoms with Gasteiger partial charge in [-0.2, -0.15) is 0 Å². The average Bonchev–Trinajstić information content (AvgIpc) is 3.11. The van der Waals surface area contributed by atoms with E-state index in [1.54, 1.807) is 6.92 Å². The fourth-order valence-electron chi connectivity index (χ4n) is 9.94. The number of hydrogen-bond donors (Lipinski definition) is 0. The molecule has 4 heteroatoms. The van der Waals surface area contributed by atoms with E-state index in [2.05, 4.69) is 34.6 Å². The molecule has 4 aliphatic carbocycles. The highest BCUT2D eigenvalue weighted by Gasteiger charge is 2.63. The second-order valence-electron chi connectivity index (χ2n) is 13.9. The van der Waals surface area contributed by atoms with Gasteiger partial charge in [0.25, 0.3) is 0 Å². The van der Waals surface area contributed by atoms with E-state index < -0.39 is 0 Å². The monoisotopic (exact) mass is 488 g/mol. The molecule has 4 nitrogen and oxygen atoms in total. The Labute approximate surface area is 214 Å². The third kappa shape index (κ3) is 5.19. The quantitative estimate of drug-likeness (QED) is 0.347. The van der Waals surface area contributed by atoms with E-state index in [1.165, 1.54) is 51.9 Å². The van der Waals surface area contributed by atoms with Gasteiger partial charge in [0.2, 0.25) is 0 Å². The van der Waals surface area contributed by atoms with Crippen molar-refractivity contribution in [3.05, 3.63) is 0 Å². The van der Waals surface area contributed by atoms with E-state index >= 15 is 0 Å². The smallest absolute Gasteiger partial charge is 0.302 e. The summed E-state index contributed by atoms with van der Waals surface area (Å²) in [5.41, 5.74) is 0.597. The molecular weight excluding hydrogens is 436 g/mol. The summed E-state index contributed by atoms with van der Waals surface area (Å²) in [6.45, 7) is 15.4. The lowest BCUT2D eigenvalue weighted by Gasteiger charge is -2.62. The Kier molecular flexibility index (Phi) is 7.99. The van der Waals surface area contributed by atoms with Crippen molar-refractivity contribution in [2.24, 2.45) is 52.3 Å². The van der Waals surface area contributed by atoms with E-state index in [-0.39, 0.29) is 29.6 Å². The van der Waals surface area contributed by atoms with Crippen molar-refractivity contribution in [2.75, 3.05) is 0 Å². The van der Waals surface area contributed by atoms with Crippen LogP contribution in [-0.4, -0.2) is 24.1 Å². The molecule has 0 aromatic heterocycles. The average molecular weight is 489 g/mol. The molecule has 0 aromatic rings. The van der Waals surface area contributed by atoms with Crippen LogP contribution in [0.15, 0.2) is 0 Å². The Bertz CT molecular complexity index is 776. The molecule has 0 spiro atoms. The van der Waals surface area contributed by atoms with Gasteiger partial charge in [0.1, 0.15) is 12.2 Å². The number of carbonyl (C=O) groups excluding carboxylic acids is 2. The Morgan fingerprint density at radius 1 is 0.800 bits per heavy atom. The van der Waals surface area contributed by atoms with Crippen LogP contribution in [0.5, 0.6) is 0 Å². The largest absolute Gasteiger partial charge is 0.463 e. The van der Waals surface area contributed by atoms with E-state index in [0.717, 1.165) is 49.4 Å². The topological polar surface area (TPSA) is 52.6 Å². The van der Waals surface area contributed by atoms with E-state index in [1.807, 2.05) is 0 Å². The van der Waals surface area contributed by atoms with Crippen LogP contribution >= 0.6 is 0 Å². The number of hydrogen-bond acceptors (Lipinski definition) is 4. The molecule has 200 valence electrons. The van der Waals surface area contributed by atoms with Gasteiger partial charge in [-0.25, -0.2) is 0 Å². The lowest BCUT2D eigenvalue weighted by atomic mass is 9.43. The van der Waals surface area contributed by atoms with Gasteiger partial charge in [0.05, 0.1) is 0 Å². The first-order chi connectivity index (χ1) is 16.5. The van der Waals surface area contributed by atoms with Gasteiger partial charge in [0.15, 0.2) is 0 Å². The lowest BCUT2D eigenvalue weighted by Crippen LogP contribution is -2.59. The van der Waals surface area contributed by atoms with Crippen LogP contribution in [0.4, 0.5) is 0 Å². The lowest BCUT2D eigenvalue weighted by molar-refractivity contribution is -0.197. The maximum atomic E-state index is 12.2. The summed E-state index contributed by atoms with van der Waals surface area (Å²) in [7, 11) is 0. The van der Waals surface area contributed by atoms with Gasteiger partial charge >= 0.3 is 11.9 Å². The predicted octanol–water partition coefficient (Wildman–Crippen LogP) is 7.58. The molecule has 10 atom stereocenters. The summed E-state index contributed by atoms with van der Waals surface area (Å²) in [6, 6.07) is 0. The van der Waals surface area contributed by atoms with Gasteiger partial charge in [-0.15, -0.1) is 0 Å². The molecule has 0 saturated heterocycles. The van der Waals surface area contributed by atoms with Crippen LogP contribution in [0.2, 0.25) is 0 Å². The van der Waals surface area contributed by atoms with Crippen LogP contribution in [0.25, 0.3) is 0 Å². The van der Waals surface area contributed by atoms with Crippen molar-refractivity contribution in [1.82, 2.24) is 0 Å². The number of esters is 2. The first kappa shape index (κ1) is 27.0. The highest BCUT2D eigenvalue weighted by atomic mass is 16.5. The molecule has 0 aliphatic heterocycles. The van der Waals surface area contributed by atoms with Crippen molar-refractivity contribution < 1.29 is 19.1 Å². The summed E-state index contributed by atoms with van der Waals surface area (Å²) in [6.07, 6.45) is 13.3. The zero-order chi connectivity index (χ0) is 25.5. The van der Waals surface area contributed by atoms with Gasteiger partial charge in [-0.1, -0.05) is 53.9 Å². The van der Waals surface area contributed by atoms with Crippen LogP contribution in [0, 0.1) is 52.3 Å². The Balaban J connectivity index is 1.54. The molecule has 0 heterocycles. The highest BCUT2D eigenvalue weighted by Crippen LogP contribution is 2.68. The number of fused-ring (bicyclic) bond motifs is 5. The van der Waals surface area contributed by atoms with Gasteiger partial charge < -0.3 is 9.47 Å². The SMILES string of the molecule is CC(=O)O[C@@H]1CC[C@]2(C)[C@@H]3CC[C@]4(C)[C@H](CC[C@@H]4[C@H](C)CCCC(C)C)[C@@H]3C[C@H](OC(C)=O)[C@H]2C1. The first-order valence-electron chi connectivity index (χ1n) is 14.8. The van der Waals surface area contributed by atoms with Crippen molar-refractivity contribution in [1.29, 1.82) is 0 Å². The molecule has 0 radical (unpaired) electrons. The summed E-state index contributed by atoms with van der Waals surface area (Å²) >= 11 is 0. The predicted molar refractivity (Wildman–Crippen MR) is 140 cm³/mol. The Hall–Kier alpha value is -1.06. The van der Waals surface area contributed by atoms with Crippen LogP contribution in [0.1, 0.15) is 119 Å². The molecule has 0 unspecified atom stereocenters. The molecular formula is C31H52O4. The molecule has 4 rings (SSSR count). The van der Waals surface area contributed by atoms with E-state index in [4.69, 9.17) is 9.47 Å². The van der Waals surface area contributed by atoms with Crippen molar-refractivity contribution in [3.63, 3.8) is 0 Å². The highest BCUT2D eigenvalue weighted by molar-refractivity contribution is 5.66. The maximum absolute atomic E-state index is 12.2. The van der Waals surface area contributed by atoms with E-state index in [0.29, 0.717) is 23.2 Å². The second-order valence-corrected chi connectivity index (χ2v) is 13.9. The summed E-state index contributed by atoms with van der Waals surface area (Å²) in [5.74, 6) is 4.48. The minimum Gasteiger partial charge on any atom is -0.463 e. The molecule has 4 aliphatic rings. The van der Waals surface area contributed by atoms with Crippen LogP contribution in [0.3, 0.4) is 0 Å². The van der Waals surface area contributed by atoms with Crippen LogP contribution in [-0.2, 0) is 19.1 Å². The molecule has 0 bridgehead atoms. The molecule has 4 fully saturated rings. The van der Waals surface area contributed by atoms with E-state index in [9.17, 15) is 9.59 Å².